The van der Waals surface area contributed by atoms with Gasteiger partial charge in [-0.3, -0.25) is 9.59 Å². The summed E-state index contributed by atoms with van der Waals surface area (Å²) in [6, 6.07) is 9.20. The van der Waals surface area contributed by atoms with E-state index in [1.165, 1.54) is 36.8 Å². The predicted molar refractivity (Wildman–Crippen MR) is 119 cm³/mol. The number of hydrogen-bond donors (Lipinski definition) is 1. The van der Waals surface area contributed by atoms with Gasteiger partial charge in [-0.1, -0.05) is 38.1 Å². The van der Waals surface area contributed by atoms with Crippen LogP contribution in [0.5, 0.6) is 0 Å². The number of rotatable bonds is 6. The maximum absolute atomic E-state index is 13.7. The van der Waals surface area contributed by atoms with Gasteiger partial charge in [0, 0.05) is 25.7 Å². The second-order valence-electron chi connectivity index (χ2n) is 9.89. The SMILES string of the molecule is CC(C)C1CCC(N2CCC3(CC2)C(=O)N(CCNC=O)Cc2ccccc23)CC1. The van der Waals surface area contributed by atoms with Crippen molar-refractivity contribution in [1.82, 2.24) is 15.1 Å². The number of benzene rings is 1. The highest BCUT2D eigenvalue weighted by atomic mass is 16.2. The molecule has 5 heteroatoms. The minimum absolute atomic E-state index is 0.261. The number of hydrogen-bond acceptors (Lipinski definition) is 3. The van der Waals surface area contributed by atoms with Crippen LogP contribution in [0.2, 0.25) is 0 Å². The quantitative estimate of drug-likeness (QED) is 0.577. The first-order valence-electron chi connectivity index (χ1n) is 11.8. The molecule has 0 atom stereocenters. The molecule has 5 nitrogen and oxygen atoms in total. The Bertz CT molecular complexity index is 747. The molecule has 0 bridgehead atoms. The highest BCUT2D eigenvalue weighted by Gasteiger charge is 2.49. The molecule has 1 N–H and O–H groups in total. The fraction of sp³-hybridized carbons (Fsp3) is 0.680. The molecule has 3 aliphatic rings. The van der Waals surface area contributed by atoms with Gasteiger partial charge in [-0.2, -0.15) is 0 Å². The van der Waals surface area contributed by atoms with Crippen LogP contribution in [0.25, 0.3) is 0 Å². The van der Waals surface area contributed by atoms with Gasteiger partial charge in [0.2, 0.25) is 12.3 Å². The van der Waals surface area contributed by atoms with Gasteiger partial charge in [-0.25, -0.2) is 0 Å². The molecule has 2 amide bonds. The summed E-state index contributed by atoms with van der Waals surface area (Å²) in [4.78, 5) is 28.9. The zero-order valence-electron chi connectivity index (χ0n) is 18.6. The third kappa shape index (κ3) is 4.01. The first kappa shape index (κ1) is 21.4. The van der Waals surface area contributed by atoms with Crippen LogP contribution in [0.1, 0.15) is 63.5 Å². The van der Waals surface area contributed by atoms with Crippen molar-refractivity contribution in [2.75, 3.05) is 26.2 Å². The van der Waals surface area contributed by atoms with Crippen molar-refractivity contribution < 1.29 is 9.59 Å². The Labute approximate surface area is 181 Å². The number of amides is 2. The lowest BCUT2D eigenvalue weighted by Crippen LogP contribution is -2.58. The molecule has 1 saturated carbocycles. The number of likely N-dealkylation sites (tertiary alicyclic amines) is 1. The summed E-state index contributed by atoms with van der Waals surface area (Å²) < 4.78 is 0. The molecular weight excluding hydrogens is 374 g/mol. The normalized spacial score (nSPS) is 26.6. The second kappa shape index (κ2) is 9.09. The van der Waals surface area contributed by atoms with E-state index < -0.39 is 0 Å². The highest BCUT2D eigenvalue weighted by molar-refractivity contribution is 5.90. The van der Waals surface area contributed by atoms with E-state index in [1.54, 1.807) is 0 Å². The third-order valence-corrected chi connectivity index (χ3v) is 8.05. The first-order valence-corrected chi connectivity index (χ1v) is 11.8. The second-order valence-corrected chi connectivity index (χ2v) is 9.89. The lowest BCUT2D eigenvalue weighted by atomic mass is 9.67. The zero-order chi connectivity index (χ0) is 21.1. The Kier molecular flexibility index (Phi) is 6.47. The summed E-state index contributed by atoms with van der Waals surface area (Å²) in [6.45, 7) is 8.49. The maximum Gasteiger partial charge on any atom is 0.233 e. The molecule has 164 valence electrons. The predicted octanol–water partition coefficient (Wildman–Crippen LogP) is 3.32. The van der Waals surface area contributed by atoms with Crippen molar-refractivity contribution in [3.63, 3.8) is 0 Å². The van der Waals surface area contributed by atoms with E-state index in [2.05, 4.69) is 48.3 Å². The molecule has 1 saturated heterocycles. The maximum atomic E-state index is 13.7. The summed E-state index contributed by atoms with van der Waals surface area (Å²) in [6.07, 6.45) is 7.85. The molecule has 0 aromatic heterocycles. The molecule has 2 aliphatic heterocycles. The standard InChI is InChI=1S/C25H37N3O2/c1-19(2)20-7-9-22(10-8-20)27-14-11-25(12-15-27)23-6-4-3-5-21(23)17-28(24(25)30)16-13-26-18-29/h3-6,18-20,22H,7-17H2,1-2H3,(H,26,29). The van der Waals surface area contributed by atoms with Crippen LogP contribution in [0.3, 0.4) is 0 Å². The van der Waals surface area contributed by atoms with Crippen LogP contribution < -0.4 is 5.32 Å². The first-order chi connectivity index (χ1) is 14.5. The third-order valence-electron chi connectivity index (χ3n) is 8.05. The Morgan fingerprint density at radius 2 is 1.83 bits per heavy atom. The van der Waals surface area contributed by atoms with Gasteiger partial charge >= 0.3 is 0 Å². The summed E-state index contributed by atoms with van der Waals surface area (Å²) in [5.41, 5.74) is 2.13. The van der Waals surface area contributed by atoms with Crippen LogP contribution in [0.4, 0.5) is 0 Å². The van der Waals surface area contributed by atoms with Gasteiger partial charge in [-0.05, 0) is 74.6 Å². The van der Waals surface area contributed by atoms with Crippen LogP contribution in [-0.2, 0) is 21.5 Å². The average molecular weight is 412 g/mol. The monoisotopic (exact) mass is 411 g/mol. The number of nitrogens with zero attached hydrogens (tertiary/aromatic N) is 2. The number of carbonyl (C=O) groups excluding carboxylic acids is 2. The van der Waals surface area contributed by atoms with E-state index >= 15 is 0 Å². The zero-order valence-corrected chi connectivity index (χ0v) is 18.6. The van der Waals surface area contributed by atoms with E-state index in [-0.39, 0.29) is 11.3 Å². The summed E-state index contributed by atoms with van der Waals surface area (Å²) >= 11 is 0. The molecular formula is C25H37N3O2. The van der Waals surface area contributed by atoms with Crippen LogP contribution in [-0.4, -0.2) is 54.3 Å². The number of fused-ring (bicyclic) bond motifs is 2. The van der Waals surface area contributed by atoms with Crippen LogP contribution in [0.15, 0.2) is 24.3 Å². The van der Waals surface area contributed by atoms with Gasteiger partial charge in [-0.15, -0.1) is 0 Å². The molecule has 0 unspecified atom stereocenters. The molecule has 1 aromatic rings. The van der Waals surface area contributed by atoms with Crippen molar-refractivity contribution >= 4 is 12.3 Å². The summed E-state index contributed by atoms with van der Waals surface area (Å²) in [5, 5.41) is 2.71. The fourth-order valence-electron chi connectivity index (χ4n) is 6.15. The number of piperidine rings is 1. The molecule has 2 fully saturated rings. The van der Waals surface area contributed by atoms with Gasteiger partial charge in [0.1, 0.15) is 0 Å². The van der Waals surface area contributed by atoms with Crippen LogP contribution >= 0.6 is 0 Å². The molecule has 1 spiro atoms. The van der Waals surface area contributed by atoms with E-state index in [0.29, 0.717) is 32.1 Å². The summed E-state index contributed by atoms with van der Waals surface area (Å²) in [5.74, 6) is 1.95. The molecule has 1 aromatic carbocycles. The van der Waals surface area contributed by atoms with E-state index in [0.717, 1.165) is 37.8 Å². The van der Waals surface area contributed by atoms with Crippen molar-refractivity contribution in [1.29, 1.82) is 0 Å². The van der Waals surface area contributed by atoms with Crippen LogP contribution in [0, 0.1) is 11.8 Å². The van der Waals surface area contributed by atoms with Gasteiger partial charge in [0.05, 0.1) is 5.41 Å². The Balaban J connectivity index is 1.47. The number of carbonyl (C=O) groups is 2. The highest BCUT2D eigenvalue weighted by Crippen LogP contribution is 2.44. The smallest absolute Gasteiger partial charge is 0.233 e. The van der Waals surface area contributed by atoms with Crippen molar-refractivity contribution in [2.24, 2.45) is 11.8 Å². The Morgan fingerprint density at radius 3 is 2.50 bits per heavy atom. The van der Waals surface area contributed by atoms with E-state index in [9.17, 15) is 9.59 Å². The van der Waals surface area contributed by atoms with E-state index in [4.69, 9.17) is 0 Å². The van der Waals surface area contributed by atoms with Gasteiger partial charge < -0.3 is 15.1 Å². The van der Waals surface area contributed by atoms with Gasteiger partial charge in [0.25, 0.3) is 0 Å². The minimum Gasteiger partial charge on any atom is -0.357 e. The van der Waals surface area contributed by atoms with Crippen molar-refractivity contribution in [2.45, 2.75) is 70.4 Å². The molecule has 2 heterocycles. The molecule has 0 radical (unpaired) electrons. The van der Waals surface area contributed by atoms with Crippen molar-refractivity contribution in [3.05, 3.63) is 35.4 Å². The molecule has 4 rings (SSSR count). The average Bonchev–Trinajstić information content (AvgIpc) is 2.78. The van der Waals surface area contributed by atoms with Crippen molar-refractivity contribution in [3.8, 4) is 0 Å². The van der Waals surface area contributed by atoms with E-state index in [1.807, 2.05) is 4.90 Å². The number of nitrogens with one attached hydrogen (secondary N) is 1. The summed E-state index contributed by atoms with van der Waals surface area (Å²) in [7, 11) is 0. The lowest BCUT2D eigenvalue weighted by Gasteiger charge is -2.49. The Hall–Kier alpha value is -1.88. The lowest BCUT2D eigenvalue weighted by molar-refractivity contribution is -0.142. The van der Waals surface area contributed by atoms with Gasteiger partial charge in [0.15, 0.2) is 0 Å². The fourth-order valence-corrected chi connectivity index (χ4v) is 6.15. The Morgan fingerprint density at radius 1 is 1.13 bits per heavy atom. The largest absolute Gasteiger partial charge is 0.357 e. The topological polar surface area (TPSA) is 52.7 Å². The molecule has 30 heavy (non-hydrogen) atoms. The minimum atomic E-state index is -0.387. The molecule has 1 aliphatic carbocycles.